The van der Waals surface area contributed by atoms with Gasteiger partial charge in [-0.05, 0) is 216 Å². The fraction of sp³-hybridized carbons (Fsp3) is 0.471. The molecule has 1 aromatic heterocycles. The van der Waals surface area contributed by atoms with Crippen molar-refractivity contribution in [2.45, 2.75) is 227 Å². The van der Waals surface area contributed by atoms with Crippen LogP contribution in [0.2, 0.25) is 10.0 Å². The average Bonchev–Trinajstić information content (AvgIpc) is 1.26. The first-order chi connectivity index (χ1) is 63.5. The van der Waals surface area contributed by atoms with E-state index in [2.05, 4.69) is 34.3 Å². The molecule has 8 amide bonds. The highest BCUT2D eigenvalue weighted by Gasteiger charge is 2.52. The highest BCUT2D eigenvalue weighted by Crippen LogP contribution is 2.61. The van der Waals surface area contributed by atoms with Crippen LogP contribution in [0.15, 0.2) is 162 Å². The second-order valence-corrected chi connectivity index (χ2v) is 39.5. The topological polar surface area (TPSA) is 431 Å². The third kappa shape index (κ3) is 27.2. The molecule has 3 saturated heterocycles. The monoisotopic (exact) mass is 1910 g/mol. The summed E-state index contributed by atoms with van der Waals surface area (Å²) < 4.78 is 16.7. The zero-order valence-electron chi connectivity index (χ0n) is 77.7. The molecular weight excluding hydrogens is 1790 g/mol. The molecule has 0 radical (unpaired) electrons. The van der Waals surface area contributed by atoms with Crippen LogP contribution in [0.1, 0.15) is 213 Å². The van der Waals surface area contributed by atoms with Gasteiger partial charge in [0.1, 0.15) is 60.1 Å². The summed E-state index contributed by atoms with van der Waals surface area (Å²) in [4.78, 5) is 165. The number of aliphatic hydroxyl groups excluding tert-OH is 2. The molecule has 4 aliphatic carbocycles. The number of hydrogen-bond donors (Lipinski definition) is 8. The van der Waals surface area contributed by atoms with Crippen molar-refractivity contribution in [2.75, 3.05) is 46.4 Å². The minimum Gasteiger partial charge on any atom is -0.497 e. The second-order valence-electron chi connectivity index (χ2n) is 37.8. The number of carbonyl (C=O) groups is 12. The van der Waals surface area contributed by atoms with Gasteiger partial charge in [0, 0.05) is 66.7 Å². The number of aliphatic hydroxyl groups is 2. The Kier molecular flexibility index (Phi) is 36.6. The molecule has 7 fully saturated rings. The van der Waals surface area contributed by atoms with E-state index in [9.17, 15) is 72.9 Å². The first kappa shape index (κ1) is 105. The number of halogens is 2. The van der Waals surface area contributed by atoms with E-state index in [1.807, 2.05) is 128 Å². The molecule has 9 aliphatic rings. The number of ketones is 3. The minimum absolute atomic E-state index is 0. The fourth-order valence-corrected chi connectivity index (χ4v) is 20.3. The van der Waals surface area contributed by atoms with Crippen LogP contribution >= 0.6 is 34.5 Å². The van der Waals surface area contributed by atoms with Gasteiger partial charge in [-0.25, -0.2) is 14.6 Å². The van der Waals surface area contributed by atoms with Crippen molar-refractivity contribution in [2.24, 2.45) is 51.0 Å². The first-order valence-corrected chi connectivity index (χ1v) is 47.0. The number of amidine groups is 1. The lowest BCUT2D eigenvalue weighted by Gasteiger charge is -2.56. The molecule has 33 heteroatoms. The number of imide groups is 1. The molecule has 135 heavy (non-hydrogen) atoms. The molecule has 6 aromatic carbocycles. The number of aliphatic imine (C=N–C) groups is 1. The van der Waals surface area contributed by atoms with Gasteiger partial charge in [0.15, 0.2) is 18.2 Å². The zero-order valence-corrected chi connectivity index (χ0v) is 80.0. The third-order valence-electron chi connectivity index (χ3n) is 25.3. The summed E-state index contributed by atoms with van der Waals surface area (Å²) in [7, 11) is 1.56. The van der Waals surface area contributed by atoms with Crippen LogP contribution in [0.3, 0.4) is 0 Å². The number of fused-ring (bicyclic) bond motifs is 1. The van der Waals surface area contributed by atoms with Gasteiger partial charge in [-0.3, -0.25) is 57.9 Å². The van der Waals surface area contributed by atoms with Crippen LogP contribution in [-0.4, -0.2) is 221 Å². The molecule has 6 heterocycles. The van der Waals surface area contributed by atoms with Crippen LogP contribution in [0.5, 0.6) is 17.2 Å². The van der Waals surface area contributed by atoms with Crippen LogP contribution in [0.25, 0.3) is 10.4 Å². The number of likely N-dealkylation sites (tertiary alicyclic amines) is 1. The number of piperazine rings is 1. The summed E-state index contributed by atoms with van der Waals surface area (Å²) in [6.45, 7) is 21.4. The summed E-state index contributed by atoms with van der Waals surface area (Å²) >= 11 is 14.1. The third-order valence-corrected chi connectivity index (χ3v) is 26.8. The lowest BCUT2D eigenvalue weighted by molar-refractivity contribution is -0.146. The number of nitrogens with zero attached hydrogens (tertiary/aromatic N) is 7. The molecule has 724 valence electrons. The number of nitrogens with two attached hydrogens (primary N) is 2. The average molecular weight is 1910 g/mol. The number of carboxylic acids is 2. The molecule has 5 aliphatic heterocycles. The summed E-state index contributed by atoms with van der Waals surface area (Å²) in [6, 6.07) is 36.6. The van der Waals surface area contributed by atoms with Gasteiger partial charge in [-0.2, -0.15) is 0 Å². The highest BCUT2D eigenvalue weighted by atomic mass is 35.5. The highest BCUT2D eigenvalue weighted by molar-refractivity contribution is 7.13. The largest absolute Gasteiger partial charge is 0.497 e. The Morgan fingerprint density at radius 1 is 0.756 bits per heavy atom. The van der Waals surface area contributed by atoms with E-state index >= 15 is 0 Å². The number of carbonyl (C=O) groups excluding carboxylic acids is 10. The summed E-state index contributed by atoms with van der Waals surface area (Å²) in [5, 5.41) is 44.3. The number of rotatable bonds is 28. The Morgan fingerprint density at radius 3 is 1.93 bits per heavy atom. The number of β-amino-alcohol motifs (C(OH)–C–C–N with tert-alkyl or cyclic N) is 1. The maximum absolute atomic E-state index is 14.6. The van der Waals surface area contributed by atoms with Gasteiger partial charge in [0.25, 0.3) is 17.7 Å². The van der Waals surface area contributed by atoms with E-state index in [4.69, 9.17) is 59.0 Å². The number of nitrogens with one attached hydrogen (secondary N) is 2. The van der Waals surface area contributed by atoms with Crippen molar-refractivity contribution in [1.82, 2.24) is 40.1 Å². The molecule has 7 aromatic rings. The van der Waals surface area contributed by atoms with Crippen molar-refractivity contribution in [1.29, 1.82) is 0 Å². The van der Waals surface area contributed by atoms with Gasteiger partial charge in [-0.15, -0.1) is 11.3 Å². The SMILES string of the molecule is C.C=C1CCC(N2C(=O)c3cccc(OCC(=O)O)c3C2=O)C(=O)N1.CC(=O)CC12CC3CC(CC(C3)C1)C2.CC(=O)[C@@H](CC(C)C)NC(=O)[C@H](O)[C@@H](N)Cc1ccccc1.COc1ccc(C2=N[C@H](c3ccc(Cl)cc3)[C@H](c3ccc(Cl)cc3)N2C(=O)N2CCN(CC(=O)O)C(=O)C2)c(OC(C)C)c1.Cc1ncsc1-c1ccc(CCC(=O)[C@H]2C[C@H](O)CN2C(=O)[C@H](N)C(C)(C)C)cc1. The smallest absolute Gasteiger partial charge is 0.341 e. The Bertz CT molecular complexity index is 5440. The number of allylic oxidation sites excluding steroid dienone is 1. The number of hydrogen-bond acceptors (Lipinski definition) is 22. The molecule has 0 spiro atoms. The van der Waals surface area contributed by atoms with Gasteiger partial charge in [0.05, 0.1) is 76.3 Å². The van der Waals surface area contributed by atoms with Crippen molar-refractivity contribution in [3.05, 3.63) is 212 Å². The number of benzene rings is 6. The van der Waals surface area contributed by atoms with E-state index in [1.54, 1.807) is 72.7 Å². The van der Waals surface area contributed by atoms with Gasteiger partial charge in [0.2, 0.25) is 17.7 Å². The number of aryl methyl sites for hydroxylation is 2. The molecule has 4 saturated carbocycles. The number of carboxylic acid groups (broad SMARTS) is 2. The Labute approximate surface area is 802 Å². The number of Topliss-reactive ketones (excluding diaryl/α,β-unsaturated/α-hetero) is 3. The van der Waals surface area contributed by atoms with Gasteiger partial charge in [-0.1, -0.05) is 157 Å². The lowest BCUT2D eigenvalue weighted by atomic mass is 9.48. The van der Waals surface area contributed by atoms with Crippen LogP contribution in [0.4, 0.5) is 4.79 Å². The lowest BCUT2D eigenvalue weighted by Crippen LogP contribution is -2.57. The van der Waals surface area contributed by atoms with E-state index in [0.717, 1.165) is 67.5 Å². The molecule has 1 unspecified atom stereocenters. The van der Waals surface area contributed by atoms with Crippen LogP contribution in [0, 0.1) is 41.4 Å². The first-order valence-electron chi connectivity index (χ1n) is 45.4. The van der Waals surface area contributed by atoms with E-state index in [0.29, 0.717) is 88.4 Å². The Hall–Kier alpha value is -11.6. The molecule has 30 nitrogen and oxygen atoms in total. The van der Waals surface area contributed by atoms with Crippen LogP contribution < -0.4 is 36.3 Å². The van der Waals surface area contributed by atoms with Crippen LogP contribution in [-0.2, 0) is 56.0 Å². The molecule has 10 N–H and O–H groups in total. The summed E-state index contributed by atoms with van der Waals surface area (Å²) in [5.74, 6) is -0.418. The number of urea groups is 1. The molecule has 16 rings (SSSR count). The summed E-state index contributed by atoms with van der Waals surface area (Å²) in [6.07, 6.45) is 10.1. The second kappa shape index (κ2) is 46.8. The number of ether oxygens (including phenoxy) is 3. The van der Waals surface area contributed by atoms with E-state index < -0.39 is 121 Å². The molecule has 9 atom stereocenters. The fourth-order valence-electron chi connectivity index (χ4n) is 19.2. The zero-order chi connectivity index (χ0) is 97.5. The number of aromatic nitrogens is 1. The normalized spacial score (nSPS) is 21.7. The predicted molar refractivity (Wildman–Crippen MR) is 515 cm³/mol. The minimum atomic E-state index is -1.34. The number of aliphatic carboxylic acids is 2. The maximum atomic E-state index is 14.6. The number of methoxy groups -OCH3 is 1. The van der Waals surface area contributed by atoms with E-state index in [-0.39, 0.29) is 86.4 Å². The number of piperidine rings is 1. The van der Waals surface area contributed by atoms with Crippen molar-refractivity contribution in [3.63, 3.8) is 0 Å². The summed E-state index contributed by atoms with van der Waals surface area (Å²) in [5.41, 5.74) is 20.9. The maximum Gasteiger partial charge on any atom is 0.341 e. The predicted octanol–water partition coefficient (Wildman–Crippen LogP) is 14.0. The number of amides is 8. The van der Waals surface area contributed by atoms with Crippen molar-refractivity contribution >= 4 is 111 Å². The van der Waals surface area contributed by atoms with Gasteiger partial charge >= 0.3 is 18.0 Å². The van der Waals surface area contributed by atoms with Crippen molar-refractivity contribution in [3.8, 4) is 27.7 Å². The van der Waals surface area contributed by atoms with Crippen molar-refractivity contribution < 1.29 is 92.2 Å². The van der Waals surface area contributed by atoms with E-state index in [1.165, 1.54) is 78.3 Å². The quantitative estimate of drug-likeness (QED) is 0.0211. The molecule has 4 bridgehead atoms. The number of thiazole rings is 1. The Morgan fingerprint density at radius 2 is 1.39 bits per heavy atom. The standard InChI is InChI=1S/C32H32Cl2N4O6.C23H31N3O3S.C17H26N2O3.C16H14N2O6.C13H20O.CH4/c1-19(2)44-26-16-24(43-3)12-13-25(26)31-35-29(20-4-8-22(33)9-5-20)30(21-6-10-23(34)11-7-21)38(31)32(42)37-15-14-36(18-28(40)41)27(39)17-37;1-14-20(30-13-25-14)16-8-5-15(6-9-16)7-10-19(28)18-11-17(27)12-26(18)22(29)21(24)23(2,3)4;1-11(2)9-15(12(3)20)19-17(22)16(21)14(18)10-13-7-5-4-6-8-13;1-8-5-6-10(14(21)17-8)18-15(22)9-3-2-4-11(13(9)16(18)23)24-7-12(19)20;1-9(14)5-13-6-10-2-11(7-13)4-12(3-10)8-13;/h4-13,16,19,29-30H,14-15,17-18H2,1-3H3,(H,40,41);5-6,8-9,13,17-18,21,27H,7,10-12,24H2,1-4H3;4-8,11,14-16,21H,9-10,18H2,1-3H3,(H,19,22);2-4,10H,1,5-7H2,(H,17,21)(H,19,20);10-12H,2-8H2,1H3;1H4/t29-,30+;17-,18+,21-;14-,15+,16+;;;/m100.../s1. The molecular formula is C102H127Cl2N11O19S. The van der Waals surface area contributed by atoms with Gasteiger partial charge < -0.3 is 76.2 Å². The Balaban J connectivity index is 0.000000182.